The van der Waals surface area contributed by atoms with Gasteiger partial charge in [0.15, 0.2) is 0 Å². The molecular weight excluding hydrogens is 478 g/mol. The van der Waals surface area contributed by atoms with Gasteiger partial charge >= 0.3 is 5.97 Å². The van der Waals surface area contributed by atoms with Gasteiger partial charge in [-0.1, -0.05) is 84.0 Å². The number of carboxylic acids is 1. The molecule has 0 aromatic heterocycles. The molecule has 0 aromatic carbocycles. The normalized spacial score (nSPS) is 11.6. The molecule has 0 unspecified atom stereocenters. The minimum atomic E-state index is -1.17. The highest BCUT2D eigenvalue weighted by Gasteiger charge is 2.20. The summed E-state index contributed by atoms with van der Waals surface area (Å²) in [5.74, 6) is -2.22. The van der Waals surface area contributed by atoms with Gasteiger partial charge in [-0.25, -0.2) is 10.3 Å². The Morgan fingerprint density at radius 2 is 1.27 bits per heavy atom. The number of nitrogens with one attached hydrogen (secondary N) is 3. The molecule has 0 spiro atoms. The summed E-state index contributed by atoms with van der Waals surface area (Å²) in [6.07, 6.45) is 15.9. The van der Waals surface area contributed by atoms with Gasteiger partial charge in [0.25, 0.3) is 0 Å². The van der Waals surface area contributed by atoms with Gasteiger partial charge in [-0.2, -0.15) is 0 Å². The quantitative estimate of drug-likeness (QED) is 0.0979. The number of likely N-dealkylation sites (N-methyl/N-ethyl adjacent to an activating group) is 1. The molecule has 10 heteroatoms. The third kappa shape index (κ3) is 23.9. The SMILES string of the molecule is CCCCCCCCCCCCCCCC(=O)N[C@@H](CCC(=O)NOCCOCC(=O)NCC)C(=O)O. The zero-order valence-corrected chi connectivity index (χ0v) is 23.1. The molecule has 0 heterocycles. The second-order valence-corrected chi connectivity index (χ2v) is 9.37. The van der Waals surface area contributed by atoms with Crippen LogP contribution in [0.4, 0.5) is 0 Å². The van der Waals surface area contributed by atoms with Gasteiger partial charge in [-0.3, -0.25) is 19.2 Å². The van der Waals surface area contributed by atoms with E-state index in [0.717, 1.165) is 19.3 Å². The lowest BCUT2D eigenvalue weighted by molar-refractivity contribution is -0.143. The van der Waals surface area contributed by atoms with Crippen LogP contribution in [0.25, 0.3) is 0 Å². The lowest BCUT2D eigenvalue weighted by atomic mass is 10.0. The Balaban J connectivity index is 3.75. The van der Waals surface area contributed by atoms with Crippen LogP contribution in [0.3, 0.4) is 0 Å². The Bertz CT molecular complexity index is 617. The molecule has 3 amide bonds. The number of carboxylic acid groups (broad SMARTS) is 1. The van der Waals surface area contributed by atoms with Crippen LogP contribution >= 0.6 is 0 Å². The van der Waals surface area contributed by atoms with Gasteiger partial charge in [-0.05, 0) is 19.8 Å². The number of hydrogen-bond acceptors (Lipinski definition) is 6. The van der Waals surface area contributed by atoms with Gasteiger partial charge in [-0.15, -0.1) is 0 Å². The summed E-state index contributed by atoms with van der Waals surface area (Å²) in [5.41, 5.74) is 2.20. The van der Waals surface area contributed by atoms with Crippen LogP contribution in [0, 0.1) is 0 Å². The van der Waals surface area contributed by atoms with E-state index in [9.17, 15) is 24.3 Å². The monoisotopic (exact) mass is 529 g/mol. The summed E-state index contributed by atoms with van der Waals surface area (Å²) in [7, 11) is 0. The van der Waals surface area contributed by atoms with Crippen molar-refractivity contribution in [2.75, 3.05) is 26.4 Å². The van der Waals surface area contributed by atoms with Crippen molar-refractivity contribution in [2.24, 2.45) is 0 Å². The van der Waals surface area contributed by atoms with Crippen LogP contribution in [-0.4, -0.2) is 61.2 Å². The number of unbranched alkanes of at least 4 members (excludes halogenated alkanes) is 12. The predicted octanol–water partition coefficient (Wildman–Crippen LogP) is 4.02. The molecule has 0 bridgehead atoms. The molecule has 37 heavy (non-hydrogen) atoms. The lowest BCUT2D eigenvalue weighted by Crippen LogP contribution is -2.41. The molecule has 0 fully saturated rings. The largest absolute Gasteiger partial charge is 0.480 e. The minimum absolute atomic E-state index is 0.0391. The average Bonchev–Trinajstić information content (AvgIpc) is 2.86. The molecule has 216 valence electrons. The standard InChI is InChI=1S/C27H51N3O7/c1-3-5-6-7-8-9-10-11-12-13-14-15-16-17-24(31)29-23(27(34)35)18-19-25(32)30-37-21-20-36-22-26(33)28-4-2/h23H,3-22H2,1-2H3,(H,28,33)(H,29,31)(H,30,32)(H,34,35)/t23-/m0/s1. The van der Waals surface area contributed by atoms with Crippen molar-refractivity contribution >= 4 is 23.7 Å². The second-order valence-electron chi connectivity index (χ2n) is 9.37. The molecule has 0 aliphatic rings. The molecule has 1 atom stereocenters. The first kappa shape index (κ1) is 34.8. The number of amides is 3. The highest BCUT2D eigenvalue weighted by atomic mass is 16.7. The molecule has 0 aliphatic heterocycles. The topological polar surface area (TPSA) is 143 Å². The zero-order valence-electron chi connectivity index (χ0n) is 23.1. The number of carbonyl (C=O) groups is 4. The van der Waals surface area contributed by atoms with Crippen LogP contribution in [-0.2, 0) is 28.8 Å². The van der Waals surface area contributed by atoms with Gasteiger partial charge in [0, 0.05) is 19.4 Å². The Morgan fingerprint density at radius 3 is 1.81 bits per heavy atom. The summed E-state index contributed by atoms with van der Waals surface area (Å²) in [6.45, 7) is 4.63. The van der Waals surface area contributed by atoms with E-state index in [2.05, 4.69) is 23.0 Å². The van der Waals surface area contributed by atoms with E-state index < -0.39 is 17.9 Å². The first-order valence-corrected chi connectivity index (χ1v) is 14.2. The third-order valence-corrected chi connectivity index (χ3v) is 5.92. The fourth-order valence-electron chi connectivity index (χ4n) is 3.80. The minimum Gasteiger partial charge on any atom is -0.480 e. The summed E-state index contributed by atoms with van der Waals surface area (Å²) in [5, 5.41) is 14.4. The number of aliphatic carboxylic acids is 1. The van der Waals surface area contributed by atoms with Crippen LogP contribution in [0.5, 0.6) is 0 Å². The number of hydroxylamine groups is 1. The van der Waals surface area contributed by atoms with E-state index >= 15 is 0 Å². The second kappa shape index (κ2) is 25.4. The van der Waals surface area contributed by atoms with Crippen molar-refractivity contribution in [2.45, 2.75) is 123 Å². The summed E-state index contributed by atoms with van der Waals surface area (Å²) in [6, 6.07) is -1.12. The molecule has 0 saturated heterocycles. The van der Waals surface area contributed by atoms with E-state index in [1.165, 1.54) is 64.2 Å². The molecule has 0 aromatic rings. The van der Waals surface area contributed by atoms with Crippen LogP contribution in [0.15, 0.2) is 0 Å². The summed E-state index contributed by atoms with van der Waals surface area (Å²) in [4.78, 5) is 51.6. The maximum absolute atomic E-state index is 12.1. The van der Waals surface area contributed by atoms with E-state index in [-0.39, 0.29) is 50.9 Å². The van der Waals surface area contributed by atoms with Crippen molar-refractivity contribution in [1.29, 1.82) is 0 Å². The molecule has 0 aliphatic carbocycles. The maximum Gasteiger partial charge on any atom is 0.326 e. The fraction of sp³-hybridized carbons (Fsp3) is 0.852. The first-order valence-electron chi connectivity index (χ1n) is 14.2. The maximum atomic E-state index is 12.1. The summed E-state index contributed by atoms with van der Waals surface area (Å²) < 4.78 is 5.08. The van der Waals surface area contributed by atoms with Crippen molar-refractivity contribution in [3.63, 3.8) is 0 Å². The number of hydrogen-bond donors (Lipinski definition) is 4. The average molecular weight is 530 g/mol. The van der Waals surface area contributed by atoms with Crippen molar-refractivity contribution in [3.05, 3.63) is 0 Å². The lowest BCUT2D eigenvalue weighted by Gasteiger charge is -2.14. The van der Waals surface area contributed by atoms with Crippen molar-refractivity contribution in [1.82, 2.24) is 16.1 Å². The Labute approximate surface area is 222 Å². The van der Waals surface area contributed by atoms with Crippen LogP contribution < -0.4 is 16.1 Å². The Kier molecular flexibility index (Phi) is 23.9. The number of rotatable bonds is 26. The van der Waals surface area contributed by atoms with E-state index in [4.69, 9.17) is 9.57 Å². The Hall–Kier alpha value is -2.20. The molecule has 0 rings (SSSR count). The Morgan fingerprint density at radius 1 is 0.703 bits per heavy atom. The van der Waals surface area contributed by atoms with Crippen molar-refractivity contribution in [3.8, 4) is 0 Å². The van der Waals surface area contributed by atoms with E-state index in [0.29, 0.717) is 6.54 Å². The van der Waals surface area contributed by atoms with Crippen LogP contribution in [0.1, 0.15) is 117 Å². The van der Waals surface area contributed by atoms with Gasteiger partial charge in [0.2, 0.25) is 17.7 Å². The predicted molar refractivity (Wildman–Crippen MR) is 143 cm³/mol. The number of carbonyl (C=O) groups excluding carboxylic acids is 3. The molecular formula is C27H51N3O7. The highest BCUT2D eigenvalue weighted by Crippen LogP contribution is 2.13. The smallest absolute Gasteiger partial charge is 0.326 e. The molecule has 0 radical (unpaired) electrons. The van der Waals surface area contributed by atoms with Crippen molar-refractivity contribution < 1.29 is 33.9 Å². The summed E-state index contributed by atoms with van der Waals surface area (Å²) >= 11 is 0. The fourth-order valence-corrected chi connectivity index (χ4v) is 3.80. The highest BCUT2D eigenvalue weighted by molar-refractivity contribution is 5.84. The molecule has 4 N–H and O–H groups in total. The molecule has 10 nitrogen and oxygen atoms in total. The van der Waals surface area contributed by atoms with E-state index in [1.807, 2.05) is 0 Å². The van der Waals surface area contributed by atoms with Gasteiger partial charge < -0.3 is 20.5 Å². The zero-order chi connectivity index (χ0) is 27.6. The number of ether oxygens (including phenoxy) is 1. The molecule has 0 saturated carbocycles. The first-order chi connectivity index (χ1) is 17.9. The third-order valence-electron chi connectivity index (χ3n) is 5.92. The van der Waals surface area contributed by atoms with Gasteiger partial charge in [0.1, 0.15) is 12.6 Å². The van der Waals surface area contributed by atoms with E-state index in [1.54, 1.807) is 6.92 Å². The van der Waals surface area contributed by atoms with Crippen LogP contribution in [0.2, 0.25) is 0 Å². The van der Waals surface area contributed by atoms with Gasteiger partial charge in [0.05, 0.1) is 13.2 Å².